The lowest BCUT2D eigenvalue weighted by molar-refractivity contribution is -0.904. The third kappa shape index (κ3) is 2.86. The number of nitrogens with zero attached hydrogens (tertiary/aromatic N) is 4. The normalized spacial score (nSPS) is 21.9. The molecule has 0 saturated carbocycles. The van der Waals surface area contributed by atoms with E-state index in [1.807, 2.05) is 20.8 Å². The second-order valence-electron chi connectivity index (χ2n) is 7.65. The Kier molecular flexibility index (Phi) is 3.54. The molecule has 132 valence electrons. The highest BCUT2D eigenvalue weighted by Crippen LogP contribution is 2.42. The fourth-order valence-electron chi connectivity index (χ4n) is 3.49. The van der Waals surface area contributed by atoms with Gasteiger partial charge >= 0.3 is 0 Å². The second-order valence-corrected chi connectivity index (χ2v) is 7.65. The Morgan fingerprint density at radius 3 is 2.96 bits per heavy atom. The fraction of sp³-hybridized carbons (Fsp3) is 0.529. The van der Waals surface area contributed by atoms with Crippen LogP contribution >= 0.6 is 0 Å². The molecule has 0 aromatic carbocycles. The van der Waals surface area contributed by atoms with Gasteiger partial charge in [0.25, 0.3) is 12.1 Å². The van der Waals surface area contributed by atoms with Crippen LogP contribution in [0, 0.1) is 0 Å². The third-order valence-corrected chi connectivity index (χ3v) is 4.45. The van der Waals surface area contributed by atoms with Gasteiger partial charge in [-0.3, -0.25) is 10.0 Å². The molecule has 0 spiro atoms. The van der Waals surface area contributed by atoms with Crippen LogP contribution in [0.5, 0.6) is 0 Å². The van der Waals surface area contributed by atoms with Crippen molar-refractivity contribution in [3.05, 3.63) is 35.5 Å². The van der Waals surface area contributed by atoms with E-state index in [-0.39, 0.29) is 23.7 Å². The predicted molar refractivity (Wildman–Crippen MR) is 86.5 cm³/mol. The summed E-state index contributed by atoms with van der Waals surface area (Å²) in [5.41, 5.74) is 1.84. The number of hydrogen-bond donors (Lipinski definition) is 2. The van der Waals surface area contributed by atoms with E-state index >= 15 is 0 Å². The van der Waals surface area contributed by atoms with Crippen molar-refractivity contribution in [2.24, 2.45) is 0 Å². The molecule has 2 bridgehead atoms. The molecule has 0 radical (unpaired) electrons. The maximum Gasteiger partial charge on any atom is 0.270 e. The summed E-state index contributed by atoms with van der Waals surface area (Å²) in [6.45, 7) is 5.81. The van der Waals surface area contributed by atoms with Gasteiger partial charge in [-0.25, -0.2) is 9.67 Å². The van der Waals surface area contributed by atoms with Gasteiger partial charge in [0.15, 0.2) is 0 Å². The molecular formula is C17H22N5O3+. The molecule has 8 heteroatoms. The molecule has 1 saturated heterocycles. The van der Waals surface area contributed by atoms with Crippen LogP contribution in [0.2, 0.25) is 0 Å². The SMILES string of the molecule is CC(C)(C)NC(=O)c1c2c(nn1-c1c[n+](O)ccn1)C1CCC(C2)O1. The second kappa shape index (κ2) is 5.52. The van der Waals surface area contributed by atoms with Gasteiger partial charge in [0.1, 0.15) is 11.8 Å². The predicted octanol–water partition coefficient (Wildman–Crippen LogP) is 1.10. The van der Waals surface area contributed by atoms with Crippen LogP contribution in [0.25, 0.3) is 5.82 Å². The third-order valence-electron chi connectivity index (χ3n) is 4.45. The summed E-state index contributed by atoms with van der Waals surface area (Å²) in [7, 11) is 0. The zero-order valence-corrected chi connectivity index (χ0v) is 14.6. The summed E-state index contributed by atoms with van der Waals surface area (Å²) in [6.07, 6.45) is 6.94. The van der Waals surface area contributed by atoms with Crippen LogP contribution in [0.4, 0.5) is 0 Å². The van der Waals surface area contributed by atoms with Crippen LogP contribution in [0.3, 0.4) is 0 Å². The topological polar surface area (TPSA) is 93.2 Å². The van der Waals surface area contributed by atoms with Gasteiger partial charge in [0.2, 0.25) is 12.0 Å². The average molecular weight is 344 g/mol. The highest BCUT2D eigenvalue weighted by atomic mass is 16.5. The minimum Gasteiger partial charge on any atom is -0.368 e. The molecular weight excluding hydrogens is 322 g/mol. The van der Waals surface area contributed by atoms with Crippen molar-refractivity contribution < 1.29 is 19.5 Å². The first-order valence-corrected chi connectivity index (χ1v) is 8.48. The highest BCUT2D eigenvalue weighted by molar-refractivity contribution is 5.95. The molecule has 25 heavy (non-hydrogen) atoms. The van der Waals surface area contributed by atoms with E-state index in [0.29, 0.717) is 17.9 Å². The summed E-state index contributed by atoms with van der Waals surface area (Å²) in [5, 5.41) is 17.4. The molecule has 2 aliphatic heterocycles. The molecule has 1 fully saturated rings. The Bertz CT molecular complexity index is 839. The van der Waals surface area contributed by atoms with E-state index in [0.717, 1.165) is 28.8 Å². The van der Waals surface area contributed by atoms with Crippen LogP contribution in [-0.4, -0.2) is 37.5 Å². The van der Waals surface area contributed by atoms with Gasteiger partial charge in [-0.1, -0.05) is 0 Å². The lowest BCUT2D eigenvalue weighted by atomic mass is 10.0. The number of carbonyl (C=O) groups is 1. The van der Waals surface area contributed by atoms with Crippen molar-refractivity contribution in [1.82, 2.24) is 20.1 Å². The van der Waals surface area contributed by atoms with Gasteiger partial charge in [0.05, 0.1) is 18.0 Å². The van der Waals surface area contributed by atoms with E-state index in [2.05, 4.69) is 15.4 Å². The van der Waals surface area contributed by atoms with Gasteiger partial charge in [-0.2, -0.15) is 5.10 Å². The van der Waals surface area contributed by atoms with Crippen molar-refractivity contribution in [1.29, 1.82) is 0 Å². The van der Waals surface area contributed by atoms with E-state index < -0.39 is 0 Å². The first-order chi connectivity index (χ1) is 11.8. The zero-order chi connectivity index (χ0) is 17.8. The van der Waals surface area contributed by atoms with E-state index in [1.165, 1.54) is 23.3 Å². The van der Waals surface area contributed by atoms with Crippen LogP contribution < -0.4 is 10.0 Å². The van der Waals surface area contributed by atoms with Crippen molar-refractivity contribution in [2.75, 3.05) is 0 Å². The van der Waals surface area contributed by atoms with Gasteiger partial charge in [-0.15, -0.1) is 0 Å². The Morgan fingerprint density at radius 1 is 1.44 bits per heavy atom. The molecule has 2 unspecified atom stereocenters. The Morgan fingerprint density at radius 2 is 2.24 bits per heavy atom. The Balaban J connectivity index is 1.86. The smallest absolute Gasteiger partial charge is 0.270 e. The number of fused-ring (bicyclic) bond motifs is 4. The molecule has 0 aliphatic carbocycles. The number of aromatic nitrogens is 4. The first-order valence-electron chi connectivity index (χ1n) is 8.48. The zero-order valence-electron chi connectivity index (χ0n) is 14.6. The number of carbonyl (C=O) groups excluding carboxylic acids is 1. The van der Waals surface area contributed by atoms with Crippen LogP contribution in [-0.2, 0) is 11.2 Å². The summed E-state index contributed by atoms with van der Waals surface area (Å²) in [6, 6.07) is 0. The van der Waals surface area contributed by atoms with Gasteiger partial charge in [0, 0.05) is 22.3 Å². The minimum absolute atomic E-state index is 0.0684. The molecule has 2 N–H and O–H groups in total. The van der Waals surface area contributed by atoms with Crippen molar-refractivity contribution in [3.8, 4) is 5.82 Å². The van der Waals surface area contributed by atoms with Gasteiger partial charge < -0.3 is 10.1 Å². The highest BCUT2D eigenvalue weighted by Gasteiger charge is 2.40. The summed E-state index contributed by atoms with van der Waals surface area (Å²) >= 11 is 0. The van der Waals surface area contributed by atoms with E-state index in [1.54, 1.807) is 0 Å². The summed E-state index contributed by atoms with van der Waals surface area (Å²) < 4.78 is 8.37. The minimum atomic E-state index is -0.371. The van der Waals surface area contributed by atoms with E-state index in [4.69, 9.17) is 4.74 Å². The number of rotatable bonds is 2. The van der Waals surface area contributed by atoms with Crippen molar-refractivity contribution >= 4 is 5.91 Å². The lowest BCUT2D eigenvalue weighted by Gasteiger charge is -2.23. The van der Waals surface area contributed by atoms with Crippen LogP contribution in [0.1, 0.15) is 61.5 Å². The summed E-state index contributed by atoms with van der Waals surface area (Å²) in [4.78, 5) is 17.3. The molecule has 4 rings (SSSR count). The van der Waals surface area contributed by atoms with Crippen molar-refractivity contribution in [2.45, 2.75) is 57.8 Å². The summed E-state index contributed by atoms with van der Waals surface area (Å²) in [5.74, 6) is 0.187. The lowest BCUT2D eigenvalue weighted by Crippen LogP contribution is -2.42. The molecule has 4 heterocycles. The molecule has 2 atom stereocenters. The number of hydrogen-bond acceptors (Lipinski definition) is 5. The monoisotopic (exact) mass is 344 g/mol. The largest absolute Gasteiger partial charge is 0.368 e. The quantitative estimate of drug-likeness (QED) is 0.628. The molecule has 2 aromatic heterocycles. The number of ether oxygens (including phenoxy) is 1. The van der Waals surface area contributed by atoms with Crippen LogP contribution in [0.15, 0.2) is 18.6 Å². The maximum absolute atomic E-state index is 13.0. The first kappa shape index (κ1) is 16.0. The maximum atomic E-state index is 13.0. The molecule has 2 aliphatic rings. The van der Waals surface area contributed by atoms with Gasteiger partial charge in [-0.05, 0) is 33.6 Å². The molecule has 8 nitrogen and oxygen atoms in total. The fourth-order valence-corrected chi connectivity index (χ4v) is 3.49. The average Bonchev–Trinajstić information content (AvgIpc) is 3.08. The number of nitrogens with one attached hydrogen (secondary N) is 1. The van der Waals surface area contributed by atoms with Crippen molar-refractivity contribution in [3.63, 3.8) is 0 Å². The molecule has 2 aromatic rings. The standard InChI is InChI=1S/C17H21N5O3/c1-17(2,3)19-16(23)15-11-8-10-4-5-12(25-10)14(11)20-22(15)13-9-21(24)7-6-18-13/h6-7,9-10,12H,4-5,8H2,1-3H3,(H-,18,19,23,24)/p+1. The molecule has 1 amide bonds. The Hall–Kier alpha value is -2.48. The number of amides is 1. The Labute approximate surface area is 145 Å². The van der Waals surface area contributed by atoms with E-state index in [9.17, 15) is 10.0 Å².